The van der Waals surface area contributed by atoms with Gasteiger partial charge in [0, 0.05) is 37.2 Å². The molecule has 1 saturated heterocycles. The normalized spacial score (nSPS) is 19.8. The number of nitrogens with zero attached hydrogens (tertiary/aromatic N) is 1. The van der Waals surface area contributed by atoms with Crippen LogP contribution in [0.3, 0.4) is 0 Å². The summed E-state index contributed by atoms with van der Waals surface area (Å²) in [5, 5.41) is 13.4. The third kappa shape index (κ3) is 3.56. The first-order valence-corrected chi connectivity index (χ1v) is 7.94. The van der Waals surface area contributed by atoms with Crippen molar-refractivity contribution in [2.75, 3.05) is 13.1 Å². The molecule has 0 radical (unpaired) electrons. The van der Waals surface area contributed by atoms with Gasteiger partial charge in [0.05, 0.1) is 0 Å². The maximum Gasteiger partial charge on any atom is 0.225 e. The van der Waals surface area contributed by atoms with Gasteiger partial charge in [0.25, 0.3) is 0 Å². The van der Waals surface area contributed by atoms with E-state index in [0.29, 0.717) is 30.2 Å². The smallest absolute Gasteiger partial charge is 0.225 e. The molecule has 0 unspecified atom stereocenters. The second kappa shape index (κ2) is 6.06. The first-order valence-electron chi connectivity index (χ1n) is 7.94. The van der Waals surface area contributed by atoms with Crippen molar-refractivity contribution in [1.82, 2.24) is 10.2 Å². The molecule has 1 aromatic rings. The second-order valence-corrected chi connectivity index (χ2v) is 6.39. The molecule has 21 heavy (non-hydrogen) atoms. The summed E-state index contributed by atoms with van der Waals surface area (Å²) in [6, 6.07) is 6.13. The van der Waals surface area contributed by atoms with Crippen molar-refractivity contribution in [3.63, 3.8) is 0 Å². The topological polar surface area (TPSA) is 52.6 Å². The summed E-state index contributed by atoms with van der Waals surface area (Å²) in [4.78, 5) is 14.0. The fraction of sp³-hybridized carbons (Fsp3) is 0.588. The minimum absolute atomic E-state index is 0.332. The Balaban J connectivity index is 1.47. The van der Waals surface area contributed by atoms with Crippen LogP contribution in [0, 0.1) is 12.8 Å². The number of benzene rings is 1. The van der Waals surface area contributed by atoms with Crippen LogP contribution < -0.4 is 5.32 Å². The Kier molecular flexibility index (Phi) is 4.15. The lowest BCUT2D eigenvalue weighted by Gasteiger charge is -2.32. The molecule has 1 aromatic carbocycles. The molecule has 0 aromatic heterocycles. The molecule has 1 heterocycles. The van der Waals surface area contributed by atoms with Crippen LogP contribution >= 0.6 is 0 Å². The number of aryl methyl sites for hydroxylation is 1. The Morgan fingerprint density at radius 1 is 1.29 bits per heavy atom. The first kappa shape index (κ1) is 14.4. The average Bonchev–Trinajstić information content (AvgIpc) is 3.33. The van der Waals surface area contributed by atoms with E-state index in [1.54, 1.807) is 6.07 Å². The molecular formula is C17H24N2O2. The number of phenolic OH excluding ortho intramolecular Hbond substituents is 1. The molecule has 4 heteroatoms. The van der Waals surface area contributed by atoms with Gasteiger partial charge in [-0.3, -0.25) is 4.79 Å². The Hall–Kier alpha value is -1.55. The molecule has 0 spiro atoms. The van der Waals surface area contributed by atoms with Gasteiger partial charge >= 0.3 is 0 Å². The van der Waals surface area contributed by atoms with Gasteiger partial charge in [-0.15, -0.1) is 0 Å². The molecular weight excluding hydrogens is 264 g/mol. The van der Waals surface area contributed by atoms with Crippen LogP contribution in [0.5, 0.6) is 5.75 Å². The van der Waals surface area contributed by atoms with Gasteiger partial charge in [-0.2, -0.15) is 0 Å². The van der Waals surface area contributed by atoms with Gasteiger partial charge < -0.3 is 15.3 Å². The number of rotatable bonds is 4. The predicted octanol–water partition coefficient (Wildman–Crippen LogP) is 2.19. The summed E-state index contributed by atoms with van der Waals surface area (Å²) in [6.45, 7) is 4.46. The van der Waals surface area contributed by atoms with Crippen molar-refractivity contribution in [3.8, 4) is 5.75 Å². The van der Waals surface area contributed by atoms with Gasteiger partial charge in [-0.25, -0.2) is 0 Å². The van der Waals surface area contributed by atoms with Crippen LogP contribution in [0.4, 0.5) is 0 Å². The summed E-state index contributed by atoms with van der Waals surface area (Å²) in [7, 11) is 0. The molecule has 1 aliphatic heterocycles. The monoisotopic (exact) mass is 288 g/mol. The fourth-order valence-corrected chi connectivity index (χ4v) is 3.00. The maximum atomic E-state index is 12.0. The summed E-state index contributed by atoms with van der Waals surface area (Å²) in [5.74, 6) is 1.05. The molecule has 2 N–H and O–H groups in total. The van der Waals surface area contributed by atoms with Crippen molar-refractivity contribution in [1.29, 1.82) is 0 Å². The number of piperidine rings is 1. The number of hydrogen-bond donors (Lipinski definition) is 2. The quantitative estimate of drug-likeness (QED) is 0.893. The minimum atomic E-state index is 0.332. The van der Waals surface area contributed by atoms with E-state index in [-0.39, 0.29) is 0 Å². The molecule has 0 atom stereocenters. The highest BCUT2D eigenvalue weighted by atomic mass is 16.3. The molecule has 4 nitrogen and oxygen atoms in total. The van der Waals surface area contributed by atoms with E-state index >= 15 is 0 Å². The highest BCUT2D eigenvalue weighted by molar-refractivity contribution is 5.81. The molecule has 2 fully saturated rings. The van der Waals surface area contributed by atoms with E-state index in [9.17, 15) is 9.90 Å². The van der Waals surface area contributed by atoms with Crippen LogP contribution in [0.15, 0.2) is 18.2 Å². The van der Waals surface area contributed by atoms with Crippen LogP contribution in [0.1, 0.15) is 36.8 Å². The number of aromatic hydroxyl groups is 1. The molecule has 2 aliphatic rings. The molecule has 0 bridgehead atoms. The maximum absolute atomic E-state index is 12.0. The first-order chi connectivity index (χ1) is 10.1. The zero-order valence-corrected chi connectivity index (χ0v) is 12.6. The molecule has 3 rings (SSSR count). The van der Waals surface area contributed by atoms with E-state index in [4.69, 9.17) is 0 Å². The molecule has 1 aliphatic carbocycles. The number of carbonyl (C=O) groups is 1. The summed E-state index contributed by atoms with van der Waals surface area (Å²) in [6.07, 6.45) is 4.18. The zero-order valence-electron chi connectivity index (χ0n) is 12.6. The lowest BCUT2D eigenvalue weighted by atomic mass is 10.0. The highest BCUT2D eigenvalue weighted by Gasteiger charge is 2.34. The van der Waals surface area contributed by atoms with Crippen molar-refractivity contribution >= 4 is 5.91 Å². The summed E-state index contributed by atoms with van der Waals surface area (Å²) in [5.41, 5.74) is 2.11. The zero-order chi connectivity index (χ0) is 14.8. The van der Waals surface area contributed by atoms with E-state index in [1.165, 1.54) is 0 Å². The Labute approximate surface area is 126 Å². The lowest BCUT2D eigenvalue weighted by molar-refractivity contribution is -0.133. The summed E-state index contributed by atoms with van der Waals surface area (Å²) < 4.78 is 0. The number of amides is 1. The van der Waals surface area contributed by atoms with Crippen LogP contribution in [-0.4, -0.2) is 35.0 Å². The molecule has 1 amide bonds. The van der Waals surface area contributed by atoms with Crippen LogP contribution in [0.25, 0.3) is 0 Å². The van der Waals surface area contributed by atoms with Gasteiger partial charge in [0.2, 0.25) is 5.91 Å². The van der Waals surface area contributed by atoms with Gasteiger partial charge in [0.1, 0.15) is 5.75 Å². The third-order valence-electron chi connectivity index (χ3n) is 4.55. The highest BCUT2D eigenvalue weighted by Crippen LogP contribution is 2.32. The SMILES string of the molecule is Cc1ccc(O)c(CNC2CCN(C(=O)C3CC3)CC2)c1. The van der Waals surface area contributed by atoms with Crippen molar-refractivity contribution in [2.24, 2.45) is 5.92 Å². The fourth-order valence-electron chi connectivity index (χ4n) is 3.00. The molecule has 114 valence electrons. The number of nitrogens with one attached hydrogen (secondary N) is 1. The van der Waals surface area contributed by atoms with Crippen molar-refractivity contribution in [2.45, 2.75) is 45.2 Å². The van der Waals surface area contributed by atoms with Gasteiger partial charge in [-0.05, 0) is 38.7 Å². The van der Waals surface area contributed by atoms with E-state index < -0.39 is 0 Å². The average molecular weight is 288 g/mol. The van der Waals surface area contributed by atoms with E-state index in [1.807, 2.05) is 24.0 Å². The lowest BCUT2D eigenvalue weighted by Crippen LogP contribution is -2.45. The van der Waals surface area contributed by atoms with Gasteiger partial charge in [-0.1, -0.05) is 17.7 Å². The second-order valence-electron chi connectivity index (χ2n) is 6.39. The van der Waals surface area contributed by atoms with Crippen molar-refractivity contribution in [3.05, 3.63) is 29.3 Å². The van der Waals surface area contributed by atoms with E-state index in [2.05, 4.69) is 5.32 Å². The Morgan fingerprint density at radius 3 is 2.67 bits per heavy atom. The Morgan fingerprint density at radius 2 is 2.00 bits per heavy atom. The standard InChI is InChI=1S/C17H24N2O2/c1-12-2-5-16(20)14(10-12)11-18-15-6-8-19(9-7-15)17(21)13-3-4-13/h2,5,10,13,15,18,20H,3-4,6-9,11H2,1H3. The van der Waals surface area contributed by atoms with Gasteiger partial charge in [0.15, 0.2) is 0 Å². The number of carbonyl (C=O) groups excluding carboxylic acids is 1. The Bertz CT molecular complexity index is 518. The minimum Gasteiger partial charge on any atom is -0.508 e. The number of phenols is 1. The largest absolute Gasteiger partial charge is 0.508 e. The number of likely N-dealkylation sites (tertiary alicyclic amines) is 1. The predicted molar refractivity (Wildman–Crippen MR) is 82.0 cm³/mol. The number of hydrogen-bond acceptors (Lipinski definition) is 3. The van der Waals surface area contributed by atoms with E-state index in [0.717, 1.165) is 49.9 Å². The third-order valence-corrected chi connectivity index (χ3v) is 4.55. The van der Waals surface area contributed by atoms with Crippen molar-refractivity contribution < 1.29 is 9.90 Å². The van der Waals surface area contributed by atoms with Crippen LogP contribution in [0.2, 0.25) is 0 Å². The summed E-state index contributed by atoms with van der Waals surface area (Å²) >= 11 is 0. The molecule has 1 saturated carbocycles. The van der Waals surface area contributed by atoms with Crippen LogP contribution in [-0.2, 0) is 11.3 Å².